The first-order chi connectivity index (χ1) is 7.97. The molecule has 5 heteroatoms. The van der Waals surface area contributed by atoms with Gasteiger partial charge in [0.05, 0.1) is 5.56 Å². The zero-order valence-electron chi connectivity index (χ0n) is 10.8. The number of aromatic nitrogens is 1. The molecule has 0 bridgehead atoms. The van der Waals surface area contributed by atoms with E-state index < -0.39 is 0 Å². The number of hydrogen-bond acceptors (Lipinski definition) is 3. The minimum atomic E-state index is -0.123. The standard InChI is InChI=1S/C12H19N3O2/c1-9-7-15(8-16)10(2)11(9)12(17)13-5-6-14(3)4/h7-8H,5-6H2,1-4H3,(H,13,17). The molecule has 1 rings (SSSR count). The van der Waals surface area contributed by atoms with Crippen molar-refractivity contribution in [2.75, 3.05) is 27.2 Å². The second-order valence-corrected chi connectivity index (χ2v) is 4.34. The number of amides is 1. The molecule has 0 radical (unpaired) electrons. The van der Waals surface area contributed by atoms with Gasteiger partial charge in [-0.25, -0.2) is 0 Å². The molecule has 94 valence electrons. The van der Waals surface area contributed by atoms with E-state index in [2.05, 4.69) is 5.32 Å². The summed E-state index contributed by atoms with van der Waals surface area (Å²) in [4.78, 5) is 24.7. The number of nitrogens with zero attached hydrogens (tertiary/aromatic N) is 2. The molecule has 1 aromatic rings. The maximum atomic E-state index is 11.9. The third-order valence-electron chi connectivity index (χ3n) is 2.66. The lowest BCUT2D eigenvalue weighted by Crippen LogP contribution is -2.31. The third-order valence-corrected chi connectivity index (χ3v) is 2.66. The summed E-state index contributed by atoms with van der Waals surface area (Å²) in [5, 5.41) is 2.84. The highest BCUT2D eigenvalue weighted by molar-refractivity contribution is 5.97. The van der Waals surface area contributed by atoms with Crippen molar-refractivity contribution in [3.05, 3.63) is 23.0 Å². The summed E-state index contributed by atoms with van der Waals surface area (Å²) < 4.78 is 1.43. The van der Waals surface area contributed by atoms with Gasteiger partial charge in [-0.15, -0.1) is 0 Å². The molecule has 0 saturated heterocycles. The maximum absolute atomic E-state index is 11.9. The molecule has 0 spiro atoms. The van der Waals surface area contributed by atoms with Crippen molar-refractivity contribution >= 4 is 12.3 Å². The minimum Gasteiger partial charge on any atom is -0.351 e. The van der Waals surface area contributed by atoms with Gasteiger partial charge in [-0.2, -0.15) is 0 Å². The maximum Gasteiger partial charge on any atom is 0.253 e. The quantitative estimate of drug-likeness (QED) is 0.756. The molecule has 0 aliphatic carbocycles. The van der Waals surface area contributed by atoms with Crippen molar-refractivity contribution in [2.45, 2.75) is 13.8 Å². The summed E-state index contributed by atoms with van der Waals surface area (Å²) in [5.41, 5.74) is 2.09. The highest BCUT2D eigenvalue weighted by atomic mass is 16.2. The molecule has 1 heterocycles. The van der Waals surface area contributed by atoms with Crippen LogP contribution < -0.4 is 5.32 Å². The largest absolute Gasteiger partial charge is 0.351 e. The van der Waals surface area contributed by atoms with Crippen LogP contribution in [0.25, 0.3) is 0 Å². The molecule has 0 aliphatic rings. The van der Waals surface area contributed by atoms with Crippen LogP contribution in [-0.2, 0) is 4.79 Å². The van der Waals surface area contributed by atoms with E-state index in [1.54, 1.807) is 13.1 Å². The second-order valence-electron chi connectivity index (χ2n) is 4.34. The van der Waals surface area contributed by atoms with Gasteiger partial charge in [0, 0.05) is 25.0 Å². The number of nitrogens with one attached hydrogen (secondary N) is 1. The fourth-order valence-electron chi connectivity index (χ4n) is 1.72. The lowest BCUT2D eigenvalue weighted by Gasteiger charge is -2.10. The van der Waals surface area contributed by atoms with Crippen LogP contribution in [0.3, 0.4) is 0 Å². The van der Waals surface area contributed by atoms with Gasteiger partial charge in [-0.1, -0.05) is 0 Å². The monoisotopic (exact) mass is 237 g/mol. The first-order valence-corrected chi connectivity index (χ1v) is 5.53. The zero-order chi connectivity index (χ0) is 13.0. The molecule has 17 heavy (non-hydrogen) atoms. The fourth-order valence-corrected chi connectivity index (χ4v) is 1.72. The Morgan fingerprint density at radius 2 is 2.12 bits per heavy atom. The average Bonchev–Trinajstić information content (AvgIpc) is 2.53. The van der Waals surface area contributed by atoms with E-state index >= 15 is 0 Å². The summed E-state index contributed by atoms with van der Waals surface area (Å²) >= 11 is 0. The van der Waals surface area contributed by atoms with Crippen molar-refractivity contribution < 1.29 is 9.59 Å². The van der Waals surface area contributed by atoms with E-state index in [1.807, 2.05) is 25.9 Å². The molecule has 0 fully saturated rings. The normalized spacial score (nSPS) is 10.6. The van der Waals surface area contributed by atoms with Crippen LogP contribution in [0, 0.1) is 13.8 Å². The first-order valence-electron chi connectivity index (χ1n) is 5.53. The molecule has 0 unspecified atom stereocenters. The molecule has 1 N–H and O–H groups in total. The Labute approximate surface area is 101 Å². The molecule has 0 aliphatic heterocycles. The van der Waals surface area contributed by atoms with Gasteiger partial charge < -0.3 is 10.2 Å². The number of rotatable bonds is 5. The minimum absolute atomic E-state index is 0.123. The molecule has 0 saturated carbocycles. The molecule has 0 aromatic carbocycles. The molecule has 0 atom stereocenters. The summed E-state index contributed by atoms with van der Waals surface area (Å²) in [5.74, 6) is -0.123. The van der Waals surface area contributed by atoms with Crippen molar-refractivity contribution in [2.24, 2.45) is 0 Å². The molecular weight excluding hydrogens is 218 g/mol. The Morgan fingerprint density at radius 1 is 1.47 bits per heavy atom. The summed E-state index contributed by atoms with van der Waals surface area (Å²) in [6.07, 6.45) is 2.38. The smallest absolute Gasteiger partial charge is 0.253 e. The second kappa shape index (κ2) is 5.63. The SMILES string of the molecule is Cc1cn(C=O)c(C)c1C(=O)NCCN(C)C. The number of likely N-dealkylation sites (N-methyl/N-ethyl adjacent to an activating group) is 1. The highest BCUT2D eigenvalue weighted by Crippen LogP contribution is 2.14. The van der Waals surface area contributed by atoms with Crippen molar-refractivity contribution in [3.8, 4) is 0 Å². The van der Waals surface area contributed by atoms with E-state index in [9.17, 15) is 9.59 Å². The van der Waals surface area contributed by atoms with E-state index in [4.69, 9.17) is 0 Å². The lowest BCUT2D eigenvalue weighted by molar-refractivity contribution is 0.0950. The van der Waals surface area contributed by atoms with Crippen LogP contribution in [0.15, 0.2) is 6.20 Å². The Bertz CT molecular complexity index is 422. The first kappa shape index (κ1) is 13.4. The van der Waals surface area contributed by atoms with Gasteiger partial charge >= 0.3 is 0 Å². The summed E-state index contributed by atoms with van der Waals surface area (Å²) in [6.45, 7) is 4.98. The van der Waals surface area contributed by atoms with Crippen LogP contribution in [0.2, 0.25) is 0 Å². The Kier molecular flexibility index (Phi) is 4.45. The van der Waals surface area contributed by atoms with E-state index in [0.717, 1.165) is 12.1 Å². The highest BCUT2D eigenvalue weighted by Gasteiger charge is 2.16. The Balaban J connectivity index is 2.75. The Morgan fingerprint density at radius 3 is 2.59 bits per heavy atom. The molecule has 1 amide bonds. The van der Waals surface area contributed by atoms with E-state index in [1.165, 1.54) is 4.57 Å². The van der Waals surface area contributed by atoms with Gasteiger partial charge in [-0.3, -0.25) is 14.2 Å². The molecule has 1 aromatic heterocycles. The fraction of sp³-hybridized carbons (Fsp3) is 0.500. The van der Waals surface area contributed by atoms with E-state index in [0.29, 0.717) is 24.2 Å². The lowest BCUT2D eigenvalue weighted by atomic mass is 10.1. The number of hydrogen-bond donors (Lipinski definition) is 1. The van der Waals surface area contributed by atoms with Crippen LogP contribution >= 0.6 is 0 Å². The van der Waals surface area contributed by atoms with Crippen molar-refractivity contribution in [3.63, 3.8) is 0 Å². The predicted molar refractivity (Wildman–Crippen MR) is 66.9 cm³/mol. The third kappa shape index (κ3) is 3.17. The summed E-state index contributed by atoms with van der Waals surface area (Å²) in [7, 11) is 3.90. The van der Waals surface area contributed by atoms with Crippen molar-refractivity contribution in [1.82, 2.24) is 14.8 Å². The van der Waals surface area contributed by atoms with Crippen LogP contribution in [0.1, 0.15) is 21.6 Å². The number of carbonyl (C=O) groups excluding carboxylic acids is 2. The van der Waals surface area contributed by atoms with E-state index in [-0.39, 0.29) is 5.91 Å². The van der Waals surface area contributed by atoms with Crippen molar-refractivity contribution in [1.29, 1.82) is 0 Å². The molecular formula is C12H19N3O2. The summed E-state index contributed by atoms with van der Waals surface area (Å²) in [6, 6.07) is 0. The predicted octanol–water partition coefficient (Wildman–Crippen LogP) is 0.435. The van der Waals surface area contributed by atoms with Gasteiger partial charge in [-0.05, 0) is 33.5 Å². The van der Waals surface area contributed by atoms with Gasteiger partial charge in [0.2, 0.25) is 6.41 Å². The number of aryl methyl sites for hydroxylation is 1. The van der Waals surface area contributed by atoms with Crippen LogP contribution in [0.5, 0.6) is 0 Å². The van der Waals surface area contributed by atoms with Gasteiger partial charge in [0.15, 0.2) is 0 Å². The van der Waals surface area contributed by atoms with Crippen LogP contribution in [0.4, 0.5) is 0 Å². The topological polar surface area (TPSA) is 54.3 Å². The van der Waals surface area contributed by atoms with Gasteiger partial charge in [0.25, 0.3) is 5.91 Å². The number of carbonyl (C=O) groups is 2. The van der Waals surface area contributed by atoms with Gasteiger partial charge in [0.1, 0.15) is 0 Å². The molecule has 5 nitrogen and oxygen atoms in total. The Hall–Kier alpha value is -1.62. The van der Waals surface area contributed by atoms with Crippen LogP contribution in [-0.4, -0.2) is 49.0 Å². The zero-order valence-corrected chi connectivity index (χ0v) is 10.8. The average molecular weight is 237 g/mol.